The van der Waals surface area contributed by atoms with Gasteiger partial charge in [-0.2, -0.15) is 4.31 Å². The number of rotatable bonds is 8. The van der Waals surface area contributed by atoms with Crippen molar-refractivity contribution in [1.29, 1.82) is 0 Å². The molecule has 1 aromatic heterocycles. The second kappa shape index (κ2) is 11.0. The van der Waals surface area contributed by atoms with Gasteiger partial charge >= 0.3 is 0 Å². The van der Waals surface area contributed by atoms with Crippen molar-refractivity contribution in [2.75, 3.05) is 18.4 Å². The fraction of sp³-hybridized carbons (Fsp3) is 0.276. The highest BCUT2D eigenvalue weighted by atomic mass is 32.2. The molecule has 1 fully saturated rings. The maximum atomic E-state index is 13.2. The van der Waals surface area contributed by atoms with Gasteiger partial charge in [0.15, 0.2) is 0 Å². The molecule has 1 atom stereocenters. The van der Waals surface area contributed by atoms with E-state index in [9.17, 15) is 18.0 Å². The molecule has 1 aliphatic heterocycles. The second-order valence-electron chi connectivity index (χ2n) is 9.79. The fourth-order valence-electron chi connectivity index (χ4n) is 4.80. The average molecular weight is 546 g/mol. The van der Waals surface area contributed by atoms with Gasteiger partial charge in [-0.1, -0.05) is 35.9 Å². The van der Waals surface area contributed by atoms with Crippen LogP contribution in [0, 0.1) is 6.92 Å². The number of fused-ring (bicyclic) bond motifs is 1. The number of aromatic nitrogens is 2. The van der Waals surface area contributed by atoms with E-state index in [4.69, 9.17) is 4.98 Å². The van der Waals surface area contributed by atoms with Crippen LogP contribution in [0.1, 0.15) is 47.6 Å². The Balaban J connectivity index is 1.36. The normalized spacial score (nSPS) is 14.8. The molecule has 39 heavy (non-hydrogen) atoms. The molecule has 2 heterocycles. The van der Waals surface area contributed by atoms with E-state index in [0.717, 1.165) is 23.9 Å². The number of carbonyl (C=O) groups excluding carboxylic acids is 2. The van der Waals surface area contributed by atoms with Crippen LogP contribution < -0.4 is 10.6 Å². The van der Waals surface area contributed by atoms with Gasteiger partial charge in [0.25, 0.3) is 5.91 Å². The maximum Gasteiger partial charge on any atom is 0.251 e. The monoisotopic (exact) mass is 545 g/mol. The predicted molar refractivity (Wildman–Crippen MR) is 150 cm³/mol. The van der Waals surface area contributed by atoms with Crippen LogP contribution in [0.5, 0.6) is 0 Å². The first kappa shape index (κ1) is 26.6. The largest absolute Gasteiger partial charge is 0.342 e. The standard InChI is InChI=1S/C29H31N5O4S/c1-20-12-14-22(15-13-20)29(36)30-21(2)28-32-25-10-3-4-11-26(25)34(28)19-27(35)31-23-8-7-9-24(18-23)39(37,38)33-16-5-6-17-33/h3-4,7-15,18,21H,5-6,16-17,19H2,1-2H3,(H,30,36)(H,31,35). The molecule has 2 amide bonds. The number of imidazole rings is 1. The maximum absolute atomic E-state index is 13.2. The van der Waals surface area contributed by atoms with Crippen molar-refractivity contribution < 1.29 is 18.0 Å². The zero-order valence-corrected chi connectivity index (χ0v) is 22.7. The zero-order valence-electron chi connectivity index (χ0n) is 21.9. The van der Waals surface area contributed by atoms with Crippen LogP contribution in [0.4, 0.5) is 5.69 Å². The summed E-state index contributed by atoms with van der Waals surface area (Å²) in [5.74, 6) is -0.0362. The lowest BCUT2D eigenvalue weighted by atomic mass is 10.1. The number of aryl methyl sites for hydroxylation is 1. The zero-order chi connectivity index (χ0) is 27.6. The van der Waals surface area contributed by atoms with Crippen molar-refractivity contribution in [2.45, 2.75) is 44.2 Å². The molecule has 1 saturated heterocycles. The Kier molecular flexibility index (Phi) is 7.49. The SMILES string of the molecule is Cc1ccc(C(=O)NC(C)c2nc3ccccc3n2CC(=O)Nc2cccc(S(=O)(=O)N3CCCC3)c2)cc1. The van der Waals surface area contributed by atoms with E-state index in [1.165, 1.54) is 10.4 Å². The highest BCUT2D eigenvalue weighted by Gasteiger charge is 2.27. The first-order valence-corrected chi connectivity index (χ1v) is 14.4. The third-order valence-corrected chi connectivity index (χ3v) is 8.75. The van der Waals surface area contributed by atoms with Crippen LogP contribution in [-0.4, -0.2) is 47.2 Å². The summed E-state index contributed by atoms with van der Waals surface area (Å²) >= 11 is 0. The van der Waals surface area contributed by atoms with Crippen molar-refractivity contribution in [3.8, 4) is 0 Å². The van der Waals surface area contributed by atoms with Gasteiger partial charge in [0.2, 0.25) is 15.9 Å². The molecule has 0 spiro atoms. The number of amides is 2. The summed E-state index contributed by atoms with van der Waals surface area (Å²) < 4.78 is 29.2. The van der Waals surface area contributed by atoms with Crippen molar-refractivity contribution in [3.63, 3.8) is 0 Å². The quantitative estimate of drug-likeness (QED) is 0.344. The number of hydrogen-bond donors (Lipinski definition) is 2. The number of anilines is 1. The molecular formula is C29H31N5O4S. The Labute approximate surface area is 227 Å². The summed E-state index contributed by atoms with van der Waals surface area (Å²) in [5.41, 5.74) is 3.45. The van der Waals surface area contributed by atoms with Gasteiger partial charge in [-0.25, -0.2) is 13.4 Å². The first-order valence-electron chi connectivity index (χ1n) is 12.9. The number of sulfonamides is 1. The number of benzene rings is 3. The molecule has 2 N–H and O–H groups in total. The molecule has 0 bridgehead atoms. The van der Waals surface area contributed by atoms with E-state index in [0.29, 0.717) is 35.7 Å². The minimum atomic E-state index is -3.60. The lowest BCUT2D eigenvalue weighted by Gasteiger charge is -2.17. The number of nitrogens with one attached hydrogen (secondary N) is 2. The van der Waals surface area contributed by atoms with Gasteiger partial charge in [0, 0.05) is 24.3 Å². The molecule has 3 aromatic carbocycles. The molecule has 0 aliphatic carbocycles. The topological polar surface area (TPSA) is 113 Å². The van der Waals surface area contributed by atoms with Crippen molar-refractivity contribution in [2.24, 2.45) is 0 Å². The van der Waals surface area contributed by atoms with Crippen LogP contribution in [-0.2, 0) is 21.4 Å². The van der Waals surface area contributed by atoms with Gasteiger partial charge in [0.05, 0.1) is 22.0 Å². The molecule has 0 saturated carbocycles. The molecule has 4 aromatic rings. The Morgan fingerprint density at radius 3 is 2.44 bits per heavy atom. The smallest absolute Gasteiger partial charge is 0.251 e. The molecule has 9 nitrogen and oxygen atoms in total. The highest BCUT2D eigenvalue weighted by molar-refractivity contribution is 7.89. The number of carbonyl (C=O) groups is 2. The van der Waals surface area contributed by atoms with Crippen LogP contribution in [0.3, 0.4) is 0 Å². The summed E-state index contributed by atoms with van der Waals surface area (Å²) in [6, 6.07) is 20.6. The molecule has 202 valence electrons. The van der Waals surface area contributed by atoms with Crippen LogP contribution >= 0.6 is 0 Å². The van der Waals surface area contributed by atoms with E-state index in [1.807, 2.05) is 50.2 Å². The summed E-state index contributed by atoms with van der Waals surface area (Å²) in [7, 11) is -3.60. The number of nitrogens with zero attached hydrogens (tertiary/aromatic N) is 3. The minimum Gasteiger partial charge on any atom is -0.342 e. The fourth-order valence-corrected chi connectivity index (χ4v) is 6.36. The van der Waals surface area contributed by atoms with Crippen LogP contribution in [0.2, 0.25) is 0 Å². The number of hydrogen-bond acceptors (Lipinski definition) is 5. The van der Waals surface area contributed by atoms with E-state index >= 15 is 0 Å². The predicted octanol–water partition coefficient (Wildman–Crippen LogP) is 4.26. The summed E-state index contributed by atoms with van der Waals surface area (Å²) in [6.07, 6.45) is 1.70. The van der Waals surface area contributed by atoms with Crippen molar-refractivity contribution in [3.05, 3.63) is 89.7 Å². The summed E-state index contributed by atoms with van der Waals surface area (Å²) in [5, 5.41) is 5.81. The molecule has 1 unspecified atom stereocenters. The number of para-hydroxylation sites is 2. The average Bonchev–Trinajstić information content (AvgIpc) is 3.59. The van der Waals surface area contributed by atoms with Gasteiger partial charge in [0.1, 0.15) is 12.4 Å². The second-order valence-corrected chi connectivity index (χ2v) is 11.7. The van der Waals surface area contributed by atoms with Crippen LogP contribution in [0.25, 0.3) is 11.0 Å². The Morgan fingerprint density at radius 1 is 0.974 bits per heavy atom. The van der Waals surface area contributed by atoms with Gasteiger partial charge in [-0.05, 0) is 69.2 Å². The third-order valence-electron chi connectivity index (χ3n) is 6.86. The third kappa shape index (κ3) is 5.71. The Morgan fingerprint density at radius 2 is 1.69 bits per heavy atom. The van der Waals surface area contributed by atoms with E-state index in [1.54, 1.807) is 34.9 Å². The van der Waals surface area contributed by atoms with Crippen LogP contribution in [0.15, 0.2) is 77.7 Å². The van der Waals surface area contributed by atoms with Crippen molar-refractivity contribution in [1.82, 2.24) is 19.2 Å². The van der Waals surface area contributed by atoms with E-state index < -0.39 is 16.1 Å². The first-order chi connectivity index (χ1) is 18.7. The van der Waals surface area contributed by atoms with E-state index in [-0.39, 0.29) is 23.3 Å². The van der Waals surface area contributed by atoms with Crippen molar-refractivity contribution >= 4 is 38.6 Å². The summed E-state index contributed by atoms with van der Waals surface area (Å²) in [4.78, 5) is 30.9. The Bertz CT molecular complexity index is 1620. The molecule has 5 rings (SSSR count). The van der Waals surface area contributed by atoms with Gasteiger partial charge in [-0.3, -0.25) is 9.59 Å². The van der Waals surface area contributed by atoms with Gasteiger partial charge in [-0.15, -0.1) is 0 Å². The highest BCUT2D eigenvalue weighted by Crippen LogP contribution is 2.24. The minimum absolute atomic E-state index is 0.0658. The molecule has 1 aliphatic rings. The molecular weight excluding hydrogens is 514 g/mol. The Hall–Kier alpha value is -4.02. The van der Waals surface area contributed by atoms with E-state index in [2.05, 4.69) is 10.6 Å². The van der Waals surface area contributed by atoms with Gasteiger partial charge < -0.3 is 15.2 Å². The summed E-state index contributed by atoms with van der Waals surface area (Å²) in [6.45, 7) is 4.74. The molecule has 0 radical (unpaired) electrons. The lowest BCUT2D eigenvalue weighted by molar-refractivity contribution is -0.116. The molecule has 10 heteroatoms. The lowest BCUT2D eigenvalue weighted by Crippen LogP contribution is -2.30.